The van der Waals surface area contributed by atoms with Crippen LogP contribution in [0, 0.1) is 10.8 Å². The Morgan fingerprint density at radius 3 is 2.95 bits per heavy atom. The molecule has 0 radical (unpaired) electrons. The summed E-state index contributed by atoms with van der Waals surface area (Å²) >= 11 is 0. The van der Waals surface area contributed by atoms with Gasteiger partial charge in [-0.1, -0.05) is 11.2 Å². The molecule has 0 spiro atoms. The Bertz CT molecular complexity index is 699. The van der Waals surface area contributed by atoms with Gasteiger partial charge in [0.2, 0.25) is 5.91 Å². The predicted molar refractivity (Wildman–Crippen MR) is 81.5 cm³/mol. The minimum absolute atomic E-state index is 0.0214. The predicted octanol–water partition coefficient (Wildman–Crippen LogP) is -0.608. The van der Waals surface area contributed by atoms with Crippen molar-refractivity contribution >= 4 is 18.2 Å². The number of rotatable bonds is 6. The van der Waals surface area contributed by atoms with Gasteiger partial charge in [-0.15, -0.1) is 0 Å². The number of carbonyl (C=O) groups excluding carboxylic acids is 1. The van der Waals surface area contributed by atoms with Crippen molar-refractivity contribution in [2.24, 2.45) is 16.9 Å². The fraction of sp³-hybridized carbons (Fsp3) is 0.400. The summed E-state index contributed by atoms with van der Waals surface area (Å²) in [7, 11) is 0. The maximum absolute atomic E-state index is 12.0. The lowest BCUT2D eigenvalue weighted by Gasteiger charge is -2.27. The summed E-state index contributed by atoms with van der Waals surface area (Å²) in [6.07, 6.45) is 5.23. The maximum Gasteiger partial charge on any atom is 0.241 e. The van der Waals surface area contributed by atoms with E-state index in [-0.39, 0.29) is 31.1 Å². The van der Waals surface area contributed by atoms with Crippen LogP contribution in [0.5, 0.6) is 5.75 Å². The number of benzene rings is 1. The summed E-state index contributed by atoms with van der Waals surface area (Å²) in [5, 5.41) is 9.04. The molecule has 22 heavy (non-hydrogen) atoms. The van der Waals surface area contributed by atoms with Crippen LogP contribution in [0.3, 0.4) is 0 Å². The number of ether oxygens (including phenoxy) is 1. The summed E-state index contributed by atoms with van der Waals surface area (Å²) in [6, 6.07) is 5.59. The standard InChI is InChI=1S/C15H18N4O3/c16-19(15(20)10-1-2-10)14-8-11-3-4-13(22-6-5-18-21)7-12(11)9-17-14/h3-4,7-10,14,17H,1-2,5-6,16H2. The number of carbonyl (C=O) groups is 1. The van der Waals surface area contributed by atoms with Crippen molar-refractivity contribution < 1.29 is 9.53 Å². The first kappa shape index (κ1) is 14.5. The smallest absolute Gasteiger partial charge is 0.241 e. The van der Waals surface area contributed by atoms with Gasteiger partial charge in [-0.05, 0) is 36.3 Å². The normalized spacial score (nSPS) is 19.0. The zero-order valence-corrected chi connectivity index (χ0v) is 12.1. The lowest BCUT2D eigenvalue weighted by Crippen LogP contribution is -2.54. The Kier molecular flexibility index (Phi) is 4.06. The molecular formula is C15H18N4O3. The molecule has 3 N–H and O–H groups in total. The number of hydrogen-bond acceptors (Lipinski definition) is 6. The van der Waals surface area contributed by atoms with Gasteiger partial charge in [0.15, 0.2) is 0 Å². The van der Waals surface area contributed by atoms with E-state index in [1.165, 1.54) is 5.01 Å². The van der Waals surface area contributed by atoms with Crippen molar-refractivity contribution in [3.8, 4) is 5.75 Å². The van der Waals surface area contributed by atoms with E-state index in [0.717, 1.165) is 23.3 Å². The monoisotopic (exact) mass is 302 g/mol. The number of fused-ring (bicyclic) bond motifs is 1. The molecule has 0 bridgehead atoms. The van der Waals surface area contributed by atoms with Crippen LogP contribution >= 0.6 is 0 Å². The molecule has 7 nitrogen and oxygen atoms in total. The van der Waals surface area contributed by atoms with Crippen LogP contribution in [-0.2, 0) is 4.79 Å². The highest BCUT2D eigenvalue weighted by atomic mass is 16.5. The number of nitroso groups, excluding NO2 is 1. The molecule has 2 aliphatic rings. The third-order valence-corrected chi connectivity index (χ3v) is 3.74. The van der Waals surface area contributed by atoms with Gasteiger partial charge in [0.05, 0.1) is 0 Å². The molecule has 116 valence electrons. The largest absolute Gasteiger partial charge is 0.492 e. The van der Waals surface area contributed by atoms with Crippen LogP contribution in [0.2, 0.25) is 0 Å². The molecule has 1 fully saturated rings. The van der Waals surface area contributed by atoms with Gasteiger partial charge in [-0.2, -0.15) is 4.91 Å². The number of hydrogen-bond donors (Lipinski definition) is 2. The van der Waals surface area contributed by atoms with Crippen LogP contribution in [0.15, 0.2) is 23.4 Å². The third-order valence-electron chi connectivity index (χ3n) is 3.74. The van der Waals surface area contributed by atoms with Gasteiger partial charge in [-0.25, -0.2) is 5.84 Å². The Labute approximate surface area is 127 Å². The van der Waals surface area contributed by atoms with Crippen molar-refractivity contribution in [2.45, 2.75) is 19.0 Å². The molecule has 7 heteroatoms. The highest BCUT2D eigenvalue weighted by Crippen LogP contribution is 2.30. The van der Waals surface area contributed by atoms with Crippen LogP contribution in [0.25, 0.3) is 12.3 Å². The topological polar surface area (TPSA) is 97.0 Å². The van der Waals surface area contributed by atoms with E-state index in [1.54, 1.807) is 0 Å². The number of amides is 1. The molecule has 0 saturated heterocycles. The summed E-state index contributed by atoms with van der Waals surface area (Å²) in [5.41, 5.74) is 0. The Balaban J connectivity index is 1.74. The lowest BCUT2D eigenvalue weighted by molar-refractivity contribution is -0.134. The minimum atomic E-state index is -0.341. The fourth-order valence-electron chi connectivity index (χ4n) is 2.35. The molecule has 1 unspecified atom stereocenters. The average molecular weight is 302 g/mol. The van der Waals surface area contributed by atoms with Gasteiger partial charge in [0, 0.05) is 17.3 Å². The second kappa shape index (κ2) is 6.15. The van der Waals surface area contributed by atoms with Gasteiger partial charge >= 0.3 is 0 Å². The minimum Gasteiger partial charge on any atom is -0.492 e. The highest BCUT2D eigenvalue weighted by molar-refractivity contribution is 5.81. The van der Waals surface area contributed by atoms with E-state index in [4.69, 9.17) is 10.6 Å². The summed E-state index contributed by atoms with van der Waals surface area (Å²) in [4.78, 5) is 22.0. The molecule has 1 aromatic rings. The van der Waals surface area contributed by atoms with Crippen LogP contribution in [0.4, 0.5) is 0 Å². The van der Waals surface area contributed by atoms with E-state index in [1.807, 2.05) is 30.5 Å². The number of nitrogens with zero attached hydrogens (tertiary/aromatic N) is 2. The van der Waals surface area contributed by atoms with E-state index >= 15 is 0 Å². The molecule has 1 aliphatic carbocycles. The van der Waals surface area contributed by atoms with E-state index in [0.29, 0.717) is 5.75 Å². The number of nitrogens with one attached hydrogen (secondary N) is 1. The van der Waals surface area contributed by atoms with Crippen molar-refractivity contribution in [3.63, 3.8) is 0 Å². The molecule has 0 aromatic heterocycles. The third kappa shape index (κ3) is 3.09. The van der Waals surface area contributed by atoms with Crippen molar-refractivity contribution in [3.05, 3.63) is 33.5 Å². The first-order valence-corrected chi connectivity index (χ1v) is 7.27. The first-order valence-electron chi connectivity index (χ1n) is 7.27. The second-order valence-electron chi connectivity index (χ2n) is 5.43. The van der Waals surface area contributed by atoms with E-state index in [2.05, 4.69) is 10.5 Å². The van der Waals surface area contributed by atoms with Gasteiger partial charge in [-0.3, -0.25) is 9.80 Å². The maximum atomic E-state index is 12.0. The first-order chi connectivity index (χ1) is 10.7. The zero-order chi connectivity index (χ0) is 15.5. The van der Waals surface area contributed by atoms with Crippen LogP contribution < -0.4 is 26.3 Å². The van der Waals surface area contributed by atoms with Crippen LogP contribution in [0.1, 0.15) is 12.8 Å². The molecule has 1 atom stereocenters. The summed E-state index contributed by atoms with van der Waals surface area (Å²) < 4.78 is 5.42. The van der Waals surface area contributed by atoms with Crippen LogP contribution in [-0.4, -0.2) is 30.2 Å². The van der Waals surface area contributed by atoms with E-state index in [9.17, 15) is 9.70 Å². The fourth-order valence-corrected chi connectivity index (χ4v) is 2.35. The van der Waals surface area contributed by atoms with Crippen molar-refractivity contribution in [2.75, 3.05) is 13.2 Å². The SMILES string of the molecule is NN(C(=O)C1CC1)C1C=c2ccc(OCCN=O)cc2=CN1. The van der Waals surface area contributed by atoms with Gasteiger partial charge in [0.1, 0.15) is 25.1 Å². The van der Waals surface area contributed by atoms with E-state index < -0.39 is 0 Å². The average Bonchev–Trinajstić information content (AvgIpc) is 3.38. The van der Waals surface area contributed by atoms with Crippen molar-refractivity contribution in [1.82, 2.24) is 10.3 Å². The molecular weight excluding hydrogens is 284 g/mol. The highest BCUT2D eigenvalue weighted by Gasteiger charge is 2.34. The molecule has 1 amide bonds. The van der Waals surface area contributed by atoms with Gasteiger partial charge in [0.25, 0.3) is 0 Å². The molecule has 1 heterocycles. The van der Waals surface area contributed by atoms with Crippen molar-refractivity contribution in [1.29, 1.82) is 0 Å². The zero-order valence-electron chi connectivity index (χ0n) is 12.1. The molecule has 1 saturated carbocycles. The molecule has 3 rings (SSSR count). The second-order valence-corrected chi connectivity index (χ2v) is 5.43. The lowest BCUT2D eigenvalue weighted by atomic mass is 10.1. The quantitative estimate of drug-likeness (QED) is 0.240. The Morgan fingerprint density at radius 2 is 2.23 bits per heavy atom. The molecule has 1 aliphatic heterocycles. The number of nitrogens with two attached hydrogens (primary N) is 1. The summed E-state index contributed by atoms with van der Waals surface area (Å²) in [5.74, 6) is 6.64. The number of hydrazine groups is 1. The Morgan fingerprint density at radius 1 is 1.41 bits per heavy atom. The van der Waals surface area contributed by atoms with Gasteiger partial charge < -0.3 is 10.1 Å². The summed E-state index contributed by atoms with van der Waals surface area (Å²) in [6.45, 7) is 0.382. The Hall–Kier alpha value is -2.41. The molecule has 1 aromatic carbocycles.